The van der Waals surface area contributed by atoms with Gasteiger partial charge in [-0.2, -0.15) is 0 Å². The lowest BCUT2D eigenvalue weighted by atomic mass is 10.1. The summed E-state index contributed by atoms with van der Waals surface area (Å²) in [6, 6.07) is 6.82. The average Bonchev–Trinajstić information content (AvgIpc) is 2.79. The van der Waals surface area contributed by atoms with E-state index in [2.05, 4.69) is 10.6 Å². The summed E-state index contributed by atoms with van der Waals surface area (Å²) in [7, 11) is 0. The fourth-order valence-electron chi connectivity index (χ4n) is 2.06. The second kappa shape index (κ2) is 5.68. The Morgan fingerprint density at radius 2 is 2.41 bits per heavy atom. The molecule has 1 unspecified atom stereocenters. The minimum Gasteiger partial charge on any atom is -0.508 e. The van der Waals surface area contributed by atoms with E-state index in [1.165, 1.54) is 0 Å². The molecule has 0 spiro atoms. The van der Waals surface area contributed by atoms with Crippen LogP contribution in [0, 0.1) is 5.92 Å². The van der Waals surface area contributed by atoms with Crippen molar-refractivity contribution in [1.29, 1.82) is 0 Å². The standard InChI is InChI=1S/C13H18N2O2/c16-12-3-1-2-10(6-12)7-13(17)15-9-11-4-5-14-8-11/h1-3,6,11,14,16H,4-5,7-9H2,(H,15,17). The largest absolute Gasteiger partial charge is 0.508 e. The number of aromatic hydroxyl groups is 1. The van der Waals surface area contributed by atoms with Gasteiger partial charge in [0.05, 0.1) is 6.42 Å². The fourth-order valence-corrected chi connectivity index (χ4v) is 2.06. The molecule has 0 aliphatic carbocycles. The molecule has 0 aromatic heterocycles. The van der Waals surface area contributed by atoms with E-state index < -0.39 is 0 Å². The molecular formula is C13H18N2O2. The van der Waals surface area contributed by atoms with Gasteiger partial charge < -0.3 is 15.7 Å². The molecule has 1 fully saturated rings. The highest BCUT2D eigenvalue weighted by Gasteiger charge is 2.15. The van der Waals surface area contributed by atoms with E-state index in [9.17, 15) is 9.90 Å². The van der Waals surface area contributed by atoms with Crippen molar-refractivity contribution >= 4 is 5.91 Å². The summed E-state index contributed by atoms with van der Waals surface area (Å²) >= 11 is 0. The van der Waals surface area contributed by atoms with Crippen LogP contribution in [0.25, 0.3) is 0 Å². The molecule has 0 saturated carbocycles. The molecule has 3 N–H and O–H groups in total. The summed E-state index contributed by atoms with van der Waals surface area (Å²) in [5.74, 6) is 0.779. The number of carbonyl (C=O) groups is 1. The second-order valence-electron chi connectivity index (χ2n) is 4.51. The number of nitrogens with one attached hydrogen (secondary N) is 2. The molecule has 1 amide bonds. The van der Waals surface area contributed by atoms with Gasteiger partial charge in [0.25, 0.3) is 0 Å². The number of hydrogen-bond acceptors (Lipinski definition) is 3. The third-order valence-electron chi connectivity index (χ3n) is 3.03. The van der Waals surface area contributed by atoms with Crippen molar-refractivity contribution in [2.24, 2.45) is 5.92 Å². The van der Waals surface area contributed by atoms with Gasteiger partial charge in [-0.15, -0.1) is 0 Å². The molecule has 1 aromatic carbocycles. The summed E-state index contributed by atoms with van der Waals surface area (Å²) in [5, 5.41) is 15.5. The van der Waals surface area contributed by atoms with Gasteiger partial charge in [-0.25, -0.2) is 0 Å². The van der Waals surface area contributed by atoms with Crippen molar-refractivity contribution in [2.45, 2.75) is 12.8 Å². The summed E-state index contributed by atoms with van der Waals surface area (Å²) in [6.45, 7) is 2.78. The molecule has 1 aromatic rings. The van der Waals surface area contributed by atoms with Gasteiger partial charge in [0.15, 0.2) is 0 Å². The van der Waals surface area contributed by atoms with Crippen LogP contribution in [-0.2, 0) is 11.2 Å². The third kappa shape index (κ3) is 3.75. The smallest absolute Gasteiger partial charge is 0.224 e. The summed E-state index contributed by atoms with van der Waals surface area (Å²) in [4.78, 5) is 11.7. The summed E-state index contributed by atoms with van der Waals surface area (Å²) < 4.78 is 0. The van der Waals surface area contributed by atoms with Crippen LogP contribution >= 0.6 is 0 Å². The Kier molecular flexibility index (Phi) is 3.98. The number of phenolic OH excluding ortho intramolecular Hbond substituents is 1. The van der Waals surface area contributed by atoms with Crippen molar-refractivity contribution in [2.75, 3.05) is 19.6 Å². The van der Waals surface area contributed by atoms with Crippen LogP contribution in [0.15, 0.2) is 24.3 Å². The minimum absolute atomic E-state index is 0.0162. The molecular weight excluding hydrogens is 216 g/mol. The predicted octanol–water partition coefficient (Wildman–Crippen LogP) is 0.660. The van der Waals surface area contributed by atoms with E-state index in [1.807, 2.05) is 6.07 Å². The van der Waals surface area contributed by atoms with E-state index >= 15 is 0 Å². The number of amides is 1. The van der Waals surface area contributed by atoms with Crippen LogP contribution in [0.3, 0.4) is 0 Å². The Bertz CT molecular complexity index is 387. The van der Waals surface area contributed by atoms with Gasteiger partial charge in [0.1, 0.15) is 5.75 Å². The monoisotopic (exact) mass is 234 g/mol. The highest BCUT2D eigenvalue weighted by molar-refractivity contribution is 5.78. The molecule has 1 aliphatic heterocycles. The first kappa shape index (κ1) is 11.9. The van der Waals surface area contributed by atoms with Crippen LogP contribution in [0.5, 0.6) is 5.75 Å². The topological polar surface area (TPSA) is 61.4 Å². The van der Waals surface area contributed by atoms with E-state index in [4.69, 9.17) is 0 Å². The van der Waals surface area contributed by atoms with Crippen LogP contribution in [0.1, 0.15) is 12.0 Å². The number of phenols is 1. The Hall–Kier alpha value is -1.55. The number of hydrogen-bond donors (Lipinski definition) is 3. The summed E-state index contributed by atoms with van der Waals surface area (Å²) in [6.07, 6.45) is 1.46. The lowest BCUT2D eigenvalue weighted by molar-refractivity contribution is -0.120. The van der Waals surface area contributed by atoms with Crippen molar-refractivity contribution in [1.82, 2.24) is 10.6 Å². The molecule has 1 saturated heterocycles. The number of benzene rings is 1. The Labute approximate surface area is 101 Å². The van der Waals surface area contributed by atoms with E-state index in [-0.39, 0.29) is 11.7 Å². The van der Waals surface area contributed by atoms with Gasteiger partial charge >= 0.3 is 0 Å². The molecule has 1 heterocycles. The molecule has 1 aliphatic rings. The zero-order chi connectivity index (χ0) is 12.1. The predicted molar refractivity (Wildman–Crippen MR) is 65.8 cm³/mol. The fraction of sp³-hybridized carbons (Fsp3) is 0.462. The first-order valence-electron chi connectivity index (χ1n) is 5.99. The summed E-state index contributed by atoms with van der Waals surface area (Å²) in [5.41, 5.74) is 0.840. The molecule has 2 rings (SSSR count). The highest BCUT2D eigenvalue weighted by atomic mass is 16.3. The lowest BCUT2D eigenvalue weighted by Gasteiger charge is -2.10. The molecule has 0 bridgehead atoms. The maximum atomic E-state index is 11.7. The number of carbonyl (C=O) groups excluding carboxylic acids is 1. The minimum atomic E-state index is 0.0162. The molecule has 1 atom stereocenters. The average molecular weight is 234 g/mol. The van der Waals surface area contributed by atoms with Crippen molar-refractivity contribution in [3.05, 3.63) is 29.8 Å². The molecule has 17 heavy (non-hydrogen) atoms. The third-order valence-corrected chi connectivity index (χ3v) is 3.03. The maximum absolute atomic E-state index is 11.7. The Balaban J connectivity index is 1.76. The van der Waals surface area contributed by atoms with Crippen LogP contribution < -0.4 is 10.6 Å². The maximum Gasteiger partial charge on any atom is 0.224 e. The van der Waals surface area contributed by atoms with Gasteiger partial charge in [-0.05, 0) is 43.1 Å². The first-order chi connectivity index (χ1) is 8.24. The SMILES string of the molecule is O=C(Cc1cccc(O)c1)NCC1CCNC1. The van der Waals surface area contributed by atoms with Crippen LogP contribution in [0.4, 0.5) is 0 Å². The first-order valence-corrected chi connectivity index (χ1v) is 5.99. The van der Waals surface area contributed by atoms with E-state index in [1.54, 1.807) is 18.2 Å². The van der Waals surface area contributed by atoms with Crippen LogP contribution in [0.2, 0.25) is 0 Å². The quantitative estimate of drug-likeness (QED) is 0.717. The van der Waals surface area contributed by atoms with Crippen molar-refractivity contribution in [3.8, 4) is 5.75 Å². The molecule has 0 radical (unpaired) electrons. The van der Waals surface area contributed by atoms with Crippen LogP contribution in [-0.4, -0.2) is 30.6 Å². The Morgan fingerprint density at radius 1 is 1.53 bits per heavy atom. The van der Waals surface area contributed by atoms with Gasteiger partial charge in [0, 0.05) is 6.54 Å². The van der Waals surface area contributed by atoms with Gasteiger partial charge in [-0.1, -0.05) is 12.1 Å². The second-order valence-corrected chi connectivity index (χ2v) is 4.51. The highest BCUT2D eigenvalue weighted by Crippen LogP contribution is 2.11. The lowest BCUT2D eigenvalue weighted by Crippen LogP contribution is -2.31. The van der Waals surface area contributed by atoms with E-state index in [0.717, 1.165) is 31.6 Å². The van der Waals surface area contributed by atoms with Crippen molar-refractivity contribution < 1.29 is 9.90 Å². The van der Waals surface area contributed by atoms with Gasteiger partial charge in [0.2, 0.25) is 5.91 Å². The van der Waals surface area contributed by atoms with E-state index in [0.29, 0.717) is 12.3 Å². The van der Waals surface area contributed by atoms with Crippen molar-refractivity contribution in [3.63, 3.8) is 0 Å². The molecule has 4 heteroatoms. The van der Waals surface area contributed by atoms with Gasteiger partial charge in [-0.3, -0.25) is 4.79 Å². The zero-order valence-electron chi connectivity index (χ0n) is 9.78. The Morgan fingerprint density at radius 3 is 3.12 bits per heavy atom. The number of rotatable bonds is 4. The molecule has 92 valence electrons. The normalized spacial score (nSPS) is 19.2. The zero-order valence-corrected chi connectivity index (χ0v) is 9.78. The molecule has 4 nitrogen and oxygen atoms in total.